The van der Waals surface area contributed by atoms with Crippen LogP contribution in [-0.4, -0.2) is 18.4 Å². The largest absolute Gasteiger partial charge is 0.384 e. The Morgan fingerprint density at radius 2 is 2.05 bits per heavy atom. The Morgan fingerprint density at radius 3 is 2.79 bits per heavy atom. The molecule has 3 nitrogen and oxygen atoms in total. The van der Waals surface area contributed by atoms with Gasteiger partial charge in [0.05, 0.1) is 0 Å². The molecule has 0 aromatic heterocycles. The molecule has 0 radical (unpaired) electrons. The summed E-state index contributed by atoms with van der Waals surface area (Å²) in [5, 5.41) is 7.54. The Morgan fingerprint density at radius 1 is 1.26 bits per heavy atom. The van der Waals surface area contributed by atoms with Crippen LogP contribution in [0.3, 0.4) is 0 Å². The molecule has 1 aromatic rings. The van der Waals surface area contributed by atoms with Crippen LogP contribution >= 0.6 is 15.9 Å². The molecule has 4 heteroatoms. The van der Waals surface area contributed by atoms with Crippen molar-refractivity contribution >= 4 is 27.5 Å². The van der Waals surface area contributed by atoms with Gasteiger partial charge in [-0.2, -0.15) is 0 Å². The van der Waals surface area contributed by atoms with Crippen LogP contribution in [0.25, 0.3) is 0 Å². The SMILES string of the molecule is N=C(N)c1ccc(N2CCCC3CCCC32)cc1Br. The van der Waals surface area contributed by atoms with E-state index in [0.29, 0.717) is 0 Å². The number of amidine groups is 1. The molecule has 19 heavy (non-hydrogen) atoms. The highest BCUT2D eigenvalue weighted by atomic mass is 79.9. The van der Waals surface area contributed by atoms with E-state index < -0.39 is 0 Å². The molecule has 0 amide bonds. The molecule has 0 bridgehead atoms. The number of benzene rings is 1. The quantitative estimate of drug-likeness (QED) is 0.647. The first kappa shape index (κ1) is 13.0. The summed E-state index contributed by atoms with van der Waals surface area (Å²) >= 11 is 3.54. The van der Waals surface area contributed by atoms with Crippen molar-refractivity contribution in [3.8, 4) is 0 Å². The lowest BCUT2D eigenvalue weighted by molar-refractivity contribution is 0.362. The van der Waals surface area contributed by atoms with Crippen LogP contribution in [-0.2, 0) is 0 Å². The summed E-state index contributed by atoms with van der Waals surface area (Å²) in [5.74, 6) is 1.01. The Hall–Kier alpha value is -1.03. The number of nitrogens with zero attached hydrogens (tertiary/aromatic N) is 1. The van der Waals surface area contributed by atoms with E-state index in [1.165, 1.54) is 37.8 Å². The number of fused-ring (bicyclic) bond motifs is 1. The number of nitrogens with two attached hydrogens (primary N) is 1. The van der Waals surface area contributed by atoms with Crippen LogP contribution in [0.4, 0.5) is 5.69 Å². The minimum absolute atomic E-state index is 0.121. The molecule has 1 aliphatic heterocycles. The van der Waals surface area contributed by atoms with Crippen molar-refractivity contribution in [1.82, 2.24) is 0 Å². The highest BCUT2D eigenvalue weighted by Crippen LogP contribution is 2.39. The summed E-state index contributed by atoms with van der Waals surface area (Å²) < 4.78 is 0.928. The molecular formula is C15H20BrN3. The van der Waals surface area contributed by atoms with Crippen LogP contribution in [0.2, 0.25) is 0 Å². The molecule has 2 fully saturated rings. The fourth-order valence-electron chi connectivity index (χ4n) is 3.68. The first-order valence-corrected chi connectivity index (χ1v) is 7.86. The van der Waals surface area contributed by atoms with Crippen molar-refractivity contribution < 1.29 is 0 Å². The summed E-state index contributed by atoms with van der Waals surface area (Å²) in [6, 6.07) is 6.92. The van der Waals surface area contributed by atoms with Crippen molar-refractivity contribution in [1.29, 1.82) is 5.41 Å². The summed E-state index contributed by atoms with van der Waals surface area (Å²) in [6.45, 7) is 1.16. The van der Waals surface area contributed by atoms with Gasteiger partial charge in [-0.25, -0.2) is 0 Å². The third-order valence-electron chi connectivity index (χ3n) is 4.57. The highest BCUT2D eigenvalue weighted by Gasteiger charge is 2.35. The lowest BCUT2D eigenvalue weighted by Gasteiger charge is -2.39. The number of hydrogen-bond donors (Lipinski definition) is 2. The molecule has 2 unspecified atom stereocenters. The van der Waals surface area contributed by atoms with E-state index in [2.05, 4.69) is 33.0 Å². The molecule has 3 N–H and O–H groups in total. The van der Waals surface area contributed by atoms with Gasteiger partial charge >= 0.3 is 0 Å². The van der Waals surface area contributed by atoms with E-state index in [0.717, 1.165) is 28.5 Å². The van der Waals surface area contributed by atoms with Crippen LogP contribution < -0.4 is 10.6 Å². The van der Waals surface area contributed by atoms with E-state index in [1.54, 1.807) is 0 Å². The maximum Gasteiger partial charge on any atom is 0.123 e. The zero-order chi connectivity index (χ0) is 13.4. The number of hydrogen-bond acceptors (Lipinski definition) is 2. The minimum Gasteiger partial charge on any atom is -0.384 e. The van der Waals surface area contributed by atoms with Gasteiger partial charge in [-0.3, -0.25) is 5.41 Å². The summed E-state index contributed by atoms with van der Waals surface area (Å²) in [5.41, 5.74) is 7.62. The lowest BCUT2D eigenvalue weighted by Crippen LogP contribution is -2.42. The number of rotatable bonds is 2. The van der Waals surface area contributed by atoms with Gasteiger partial charge in [0.15, 0.2) is 0 Å². The average molecular weight is 322 g/mol. The van der Waals surface area contributed by atoms with Gasteiger partial charge in [0.1, 0.15) is 5.84 Å². The number of halogens is 1. The highest BCUT2D eigenvalue weighted by molar-refractivity contribution is 9.10. The number of piperidine rings is 1. The molecule has 1 saturated carbocycles. The van der Waals surface area contributed by atoms with Gasteiger partial charge in [0.25, 0.3) is 0 Å². The van der Waals surface area contributed by atoms with E-state index in [4.69, 9.17) is 11.1 Å². The van der Waals surface area contributed by atoms with E-state index in [-0.39, 0.29) is 5.84 Å². The predicted octanol–water partition coefficient (Wildman–Crippen LogP) is 3.50. The summed E-state index contributed by atoms with van der Waals surface area (Å²) in [6.07, 6.45) is 6.80. The van der Waals surface area contributed by atoms with Crippen molar-refractivity contribution in [2.45, 2.75) is 38.1 Å². The maximum absolute atomic E-state index is 7.54. The maximum atomic E-state index is 7.54. The molecule has 2 atom stereocenters. The van der Waals surface area contributed by atoms with Crippen molar-refractivity contribution in [3.63, 3.8) is 0 Å². The molecule has 3 rings (SSSR count). The van der Waals surface area contributed by atoms with Gasteiger partial charge in [-0.15, -0.1) is 0 Å². The Balaban J connectivity index is 1.89. The number of nitrogen functional groups attached to an aromatic ring is 1. The van der Waals surface area contributed by atoms with E-state index >= 15 is 0 Å². The first-order valence-electron chi connectivity index (χ1n) is 7.07. The van der Waals surface area contributed by atoms with Gasteiger partial charge in [-0.1, -0.05) is 6.42 Å². The van der Waals surface area contributed by atoms with Gasteiger partial charge < -0.3 is 10.6 Å². The Labute approximate surface area is 122 Å². The van der Waals surface area contributed by atoms with Crippen molar-refractivity contribution in [2.24, 2.45) is 11.7 Å². The van der Waals surface area contributed by atoms with Crippen LogP contribution in [0.1, 0.15) is 37.7 Å². The second kappa shape index (κ2) is 5.16. The van der Waals surface area contributed by atoms with Crippen molar-refractivity contribution in [2.75, 3.05) is 11.4 Å². The summed E-state index contributed by atoms with van der Waals surface area (Å²) in [4.78, 5) is 2.57. The number of anilines is 1. The van der Waals surface area contributed by atoms with Crippen LogP contribution in [0, 0.1) is 11.3 Å². The fraction of sp³-hybridized carbons (Fsp3) is 0.533. The standard InChI is InChI=1S/C15H20BrN3/c16-13-9-11(6-7-12(13)15(17)18)19-8-2-4-10-3-1-5-14(10)19/h6-7,9-10,14H,1-5,8H2,(H3,17,18). The molecule has 1 heterocycles. The molecule has 2 aliphatic rings. The smallest absolute Gasteiger partial charge is 0.123 e. The molecule has 0 spiro atoms. The topological polar surface area (TPSA) is 53.1 Å². The third kappa shape index (κ3) is 2.38. The van der Waals surface area contributed by atoms with Gasteiger partial charge in [0.2, 0.25) is 0 Å². The first-order chi connectivity index (χ1) is 9.16. The third-order valence-corrected chi connectivity index (χ3v) is 5.22. The molecule has 1 saturated heterocycles. The van der Waals surface area contributed by atoms with Gasteiger partial charge in [0, 0.05) is 28.3 Å². The lowest BCUT2D eigenvalue weighted by atomic mass is 9.91. The second-order valence-corrected chi connectivity index (χ2v) is 6.53. The van der Waals surface area contributed by atoms with Gasteiger partial charge in [-0.05, 0) is 65.7 Å². The molecule has 102 valence electrons. The minimum atomic E-state index is 0.121. The van der Waals surface area contributed by atoms with E-state index in [1.807, 2.05) is 6.07 Å². The summed E-state index contributed by atoms with van der Waals surface area (Å²) in [7, 11) is 0. The second-order valence-electron chi connectivity index (χ2n) is 5.67. The number of nitrogens with one attached hydrogen (secondary N) is 1. The monoisotopic (exact) mass is 321 g/mol. The predicted molar refractivity (Wildman–Crippen MR) is 82.9 cm³/mol. The average Bonchev–Trinajstić information content (AvgIpc) is 2.86. The van der Waals surface area contributed by atoms with Crippen LogP contribution in [0.5, 0.6) is 0 Å². The molecule has 1 aliphatic carbocycles. The van der Waals surface area contributed by atoms with Crippen molar-refractivity contribution in [3.05, 3.63) is 28.2 Å². The zero-order valence-corrected chi connectivity index (χ0v) is 12.6. The zero-order valence-electron chi connectivity index (χ0n) is 11.0. The normalized spacial score (nSPS) is 26.3. The molecular weight excluding hydrogens is 302 g/mol. The van der Waals surface area contributed by atoms with E-state index in [9.17, 15) is 0 Å². The molecule has 1 aromatic carbocycles. The van der Waals surface area contributed by atoms with Crippen LogP contribution in [0.15, 0.2) is 22.7 Å². The fourth-order valence-corrected chi connectivity index (χ4v) is 4.26. The Kier molecular flexibility index (Phi) is 3.52. The Bertz CT molecular complexity index is 500.